The smallest absolute Gasteiger partial charge is 0.138 e. The number of nitrogens with zero attached hydrogens (tertiary/aromatic N) is 2. The summed E-state index contributed by atoms with van der Waals surface area (Å²) in [6.07, 6.45) is 5.04. The van der Waals surface area contributed by atoms with Crippen LogP contribution in [0.1, 0.15) is 33.1 Å². The molecule has 1 rings (SSSR count). The van der Waals surface area contributed by atoms with Gasteiger partial charge in [0.15, 0.2) is 0 Å². The summed E-state index contributed by atoms with van der Waals surface area (Å²) in [6, 6.07) is 0. The van der Waals surface area contributed by atoms with Crippen LogP contribution in [0.2, 0.25) is 0 Å². The van der Waals surface area contributed by atoms with Gasteiger partial charge in [-0.1, -0.05) is 26.7 Å². The van der Waals surface area contributed by atoms with Crippen LogP contribution in [0.4, 0.5) is 5.82 Å². The van der Waals surface area contributed by atoms with E-state index in [1.54, 1.807) is 10.9 Å². The van der Waals surface area contributed by atoms with Crippen LogP contribution >= 0.6 is 0 Å². The SMILES string of the molecule is CCCCCn1ncc(S(=O)CC)c1N. The van der Waals surface area contributed by atoms with Crippen molar-refractivity contribution in [3.8, 4) is 0 Å². The van der Waals surface area contributed by atoms with Crippen LogP contribution < -0.4 is 5.73 Å². The Morgan fingerprint density at radius 3 is 2.80 bits per heavy atom. The summed E-state index contributed by atoms with van der Waals surface area (Å²) in [7, 11) is -0.997. The molecule has 0 aromatic carbocycles. The second kappa shape index (κ2) is 5.90. The summed E-state index contributed by atoms with van der Waals surface area (Å²) in [4.78, 5) is 0.675. The van der Waals surface area contributed by atoms with E-state index in [1.165, 1.54) is 12.8 Å². The molecule has 15 heavy (non-hydrogen) atoms. The maximum absolute atomic E-state index is 11.6. The molecule has 0 saturated heterocycles. The predicted molar refractivity (Wildman–Crippen MR) is 63.1 cm³/mol. The van der Waals surface area contributed by atoms with Gasteiger partial charge in [-0.3, -0.25) is 4.21 Å². The Morgan fingerprint density at radius 2 is 2.20 bits per heavy atom. The Balaban J connectivity index is 2.67. The molecule has 0 aliphatic rings. The summed E-state index contributed by atoms with van der Waals surface area (Å²) in [6.45, 7) is 4.86. The molecule has 0 saturated carbocycles. The summed E-state index contributed by atoms with van der Waals surface area (Å²) in [5.74, 6) is 1.15. The minimum atomic E-state index is -0.997. The average molecular weight is 229 g/mol. The molecule has 2 N–H and O–H groups in total. The number of nitrogen functional groups attached to an aromatic ring is 1. The molecule has 1 aromatic heterocycles. The molecule has 0 radical (unpaired) electrons. The molecule has 86 valence electrons. The second-order valence-electron chi connectivity index (χ2n) is 3.46. The Labute approximate surface area is 93.3 Å². The maximum atomic E-state index is 11.6. The molecule has 1 aromatic rings. The quantitative estimate of drug-likeness (QED) is 0.756. The normalized spacial score (nSPS) is 12.9. The van der Waals surface area contributed by atoms with Crippen LogP contribution in [0.5, 0.6) is 0 Å². The molecule has 0 bridgehead atoms. The fourth-order valence-electron chi connectivity index (χ4n) is 1.40. The van der Waals surface area contributed by atoms with Gasteiger partial charge in [-0.2, -0.15) is 5.10 Å². The van der Waals surface area contributed by atoms with E-state index < -0.39 is 10.8 Å². The third-order valence-corrected chi connectivity index (χ3v) is 3.66. The first-order valence-corrected chi connectivity index (χ1v) is 6.72. The molecule has 0 aliphatic heterocycles. The van der Waals surface area contributed by atoms with Gasteiger partial charge in [0.05, 0.1) is 17.0 Å². The number of aromatic nitrogens is 2. The number of rotatable bonds is 6. The highest BCUT2D eigenvalue weighted by molar-refractivity contribution is 7.85. The van der Waals surface area contributed by atoms with Crippen molar-refractivity contribution in [3.05, 3.63) is 6.20 Å². The molecule has 0 spiro atoms. The van der Waals surface area contributed by atoms with E-state index in [9.17, 15) is 4.21 Å². The number of unbranched alkanes of at least 4 members (excludes halogenated alkanes) is 2. The van der Waals surface area contributed by atoms with Crippen molar-refractivity contribution in [2.75, 3.05) is 11.5 Å². The first kappa shape index (κ1) is 12.2. The maximum Gasteiger partial charge on any atom is 0.138 e. The van der Waals surface area contributed by atoms with Crippen molar-refractivity contribution in [3.63, 3.8) is 0 Å². The van der Waals surface area contributed by atoms with E-state index >= 15 is 0 Å². The van der Waals surface area contributed by atoms with Crippen molar-refractivity contribution >= 4 is 16.6 Å². The molecular weight excluding hydrogens is 210 g/mol. The fraction of sp³-hybridized carbons (Fsp3) is 0.700. The number of hydrogen-bond acceptors (Lipinski definition) is 3. The zero-order valence-corrected chi connectivity index (χ0v) is 10.2. The van der Waals surface area contributed by atoms with Crippen molar-refractivity contribution in [1.29, 1.82) is 0 Å². The van der Waals surface area contributed by atoms with Crippen molar-refractivity contribution < 1.29 is 4.21 Å². The van der Waals surface area contributed by atoms with E-state index in [2.05, 4.69) is 12.0 Å². The van der Waals surface area contributed by atoms with Gasteiger partial charge in [0.2, 0.25) is 0 Å². The lowest BCUT2D eigenvalue weighted by atomic mass is 10.2. The van der Waals surface area contributed by atoms with Crippen LogP contribution in [-0.2, 0) is 17.3 Å². The van der Waals surface area contributed by atoms with Crippen LogP contribution in [0.25, 0.3) is 0 Å². The molecule has 1 unspecified atom stereocenters. The molecule has 1 heterocycles. The standard InChI is InChI=1S/C10H19N3OS/c1-3-5-6-7-13-10(11)9(8-12-13)15(14)4-2/h8H,3-7,11H2,1-2H3. The van der Waals surface area contributed by atoms with Gasteiger partial charge in [-0.15, -0.1) is 0 Å². The molecule has 0 aliphatic carbocycles. The minimum Gasteiger partial charge on any atom is -0.383 e. The number of nitrogens with two attached hydrogens (primary N) is 1. The van der Waals surface area contributed by atoms with Gasteiger partial charge in [-0.05, 0) is 6.42 Å². The van der Waals surface area contributed by atoms with Crippen LogP contribution in [0.15, 0.2) is 11.1 Å². The van der Waals surface area contributed by atoms with Crippen LogP contribution in [0.3, 0.4) is 0 Å². The number of aryl methyl sites for hydroxylation is 1. The fourth-order valence-corrected chi connectivity index (χ4v) is 2.21. The zero-order chi connectivity index (χ0) is 11.3. The van der Waals surface area contributed by atoms with Crippen LogP contribution in [-0.4, -0.2) is 19.7 Å². The largest absolute Gasteiger partial charge is 0.383 e. The Bertz CT molecular complexity index is 335. The van der Waals surface area contributed by atoms with Gasteiger partial charge in [0.1, 0.15) is 10.7 Å². The van der Waals surface area contributed by atoms with E-state index in [-0.39, 0.29) is 0 Å². The summed E-state index contributed by atoms with van der Waals surface area (Å²) < 4.78 is 13.3. The summed E-state index contributed by atoms with van der Waals surface area (Å²) >= 11 is 0. The molecule has 0 fully saturated rings. The lowest BCUT2D eigenvalue weighted by molar-refractivity contribution is 0.559. The number of anilines is 1. The Kier molecular flexibility index (Phi) is 4.81. The van der Waals surface area contributed by atoms with E-state index in [4.69, 9.17) is 5.73 Å². The number of hydrogen-bond donors (Lipinski definition) is 1. The lowest BCUT2D eigenvalue weighted by Gasteiger charge is -2.03. The Morgan fingerprint density at radius 1 is 1.47 bits per heavy atom. The van der Waals surface area contributed by atoms with E-state index in [0.29, 0.717) is 16.5 Å². The molecular formula is C10H19N3OS. The zero-order valence-electron chi connectivity index (χ0n) is 9.40. The Hall–Kier alpha value is -0.840. The van der Waals surface area contributed by atoms with Crippen molar-refractivity contribution in [2.45, 2.75) is 44.6 Å². The lowest BCUT2D eigenvalue weighted by Crippen LogP contribution is -2.06. The van der Waals surface area contributed by atoms with Crippen LogP contribution in [0, 0.1) is 0 Å². The summed E-state index contributed by atoms with van der Waals surface area (Å²) in [5, 5.41) is 4.16. The van der Waals surface area contributed by atoms with Gasteiger partial charge < -0.3 is 5.73 Å². The third-order valence-electron chi connectivity index (χ3n) is 2.33. The third kappa shape index (κ3) is 3.06. The highest BCUT2D eigenvalue weighted by Crippen LogP contribution is 2.16. The highest BCUT2D eigenvalue weighted by atomic mass is 32.2. The first-order valence-electron chi connectivity index (χ1n) is 5.40. The monoisotopic (exact) mass is 229 g/mol. The highest BCUT2D eigenvalue weighted by Gasteiger charge is 2.11. The van der Waals surface area contributed by atoms with E-state index in [0.717, 1.165) is 13.0 Å². The molecule has 0 amide bonds. The van der Waals surface area contributed by atoms with Gasteiger partial charge >= 0.3 is 0 Å². The van der Waals surface area contributed by atoms with Gasteiger partial charge in [0.25, 0.3) is 0 Å². The molecule has 1 atom stereocenters. The second-order valence-corrected chi connectivity index (χ2v) is 5.17. The van der Waals surface area contributed by atoms with Crippen molar-refractivity contribution in [2.24, 2.45) is 0 Å². The summed E-state index contributed by atoms with van der Waals surface area (Å²) in [5.41, 5.74) is 5.87. The topological polar surface area (TPSA) is 60.9 Å². The molecule has 5 heteroatoms. The first-order chi connectivity index (χ1) is 7.20. The molecule has 4 nitrogen and oxygen atoms in total. The minimum absolute atomic E-state index is 0.561. The van der Waals surface area contributed by atoms with Gasteiger partial charge in [0, 0.05) is 12.3 Å². The van der Waals surface area contributed by atoms with Crippen molar-refractivity contribution in [1.82, 2.24) is 9.78 Å². The predicted octanol–water partition coefficient (Wildman–Crippen LogP) is 1.78. The van der Waals surface area contributed by atoms with Gasteiger partial charge in [-0.25, -0.2) is 4.68 Å². The average Bonchev–Trinajstić information content (AvgIpc) is 2.60. The van der Waals surface area contributed by atoms with E-state index in [1.807, 2.05) is 6.92 Å².